The maximum Gasteiger partial charge on any atom is 0.144 e. The molecule has 1 atom stereocenters. The van der Waals surface area contributed by atoms with Crippen LogP contribution in [0.15, 0.2) is 67.1 Å². The van der Waals surface area contributed by atoms with Gasteiger partial charge in [0.15, 0.2) is 0 Å². The van der Waals surface area contributed by atoms with Crippen LogP contribution in [0.1, 0.15) is 17.4 Å². The Morgan fingerprint density at radius 3 is 2.62 bits per heavy atom. The Bertz CT molecular complexity index is 1030. The summed E-state index contributed by atoms with van der Waals surface area (Å²) in [6.07, 6.45) is 5.30. The molecule has 0 spiro atoms. The van der Waals surface area contributed by atoms with Gasteiger partial charge in [-0.05, 0) is 30.3 Å². The third-order valence-corrected chi connectivity index (χ3v) is 4.12. The first-order valence-corrected chi connectivity index (χ1v) is 7.97. The lowest BCUT2D eigenvalue weighted by molar-refractivity contribution is 0.575. The summed E-state index contributed by atoms with van der Waals surface area (Å²) in [5.74, 6) is -0.361. The molecular weight excluding hydrogens is 353 g/mol. The van der Waals surface area contributed by atoms with Crippen LogP contribution in [0.25, 0.3) is 16.6 Å². The molecule has 3 heterocycles. The molecule has 0 saturated heterocycles. The zero-order valence-electron chi connectivity index (χ0n) is 13.8. The molecule has 26 heavy (non-hydrogen) atoms. The van der Waals surface area contributed by atoms with Crippen molar-refractivity contribution in [2.24, 2.45) is 5.73 Å². The molecule has 0 amide bonds. The van der Waals surface area contributed by atoms with E-state index < -0.39 is 6.04 Å². The predicted octanol–water partition coefficient (Wildman–Crippen LogP) is 3.62. The second-order valence-corrected chi connectivity index (χ2v) is 5.77. The summed E-state index contributed by atoms with van der Waals surface area (Å²) in [6, 6.07) is 14.1. The van der Waals surface area contributed by atoms with Crippen molar-refractivity contribution in [2.75, 3.05) is 0 Å². The Hall–Kier alpha value is -2.83. The second-order valence-electron chi connectivity index (χ2n) is 5.77. The smallest absolute Gasteiger partial charge is 0.144 e. The van der Waals surface area contributed by atoms with Crippen molar-refractivity contribution in [3.8, 4) is 5.69 Å². The molecule has 0 aliphatic rings. The minimum absolute atomic E-state index is 0. The summed E-state index contributed by atoms with van der Waals surface area (Å²) in [7, 11) is 0. The van der Waals surface area contributed by atoms with E-state index in [1.54, 1.807) is 24.7 Å². The van der Waals surface area contributed by atoms with Crippen LogP contribution in [0.3, 0.4) is 0 Å². The van der Waals surface area contributed by atoms with Gasteiger partial charge in [-0.2, -0.15) is 5.10 Å². The molecule has 0 aliphatic heterocycles. The van der Waals surface area contributed by atoms with Crippen molar-refractivity contribution >= 4 is 23.3 Å². The lowest BCUT2D eigenvalue weighted by Crippen LogP contribution is -2.19. The van der Waals surface area contributed by atoms with Crippen LogP contribution >= 0.6 is 12.4 Å². The van der Waals surface area contributed by atoms with Gasteiger partial charge in [-0.1, -0.05) is 18.2 Å². The van der Waals surface area contributed by atoms with Gasteiger partial charge >= 0.3 is 0 Å². The van der Waals surface area contributed by atoms with E-state index in [2.05, 4.69) is 15.1 Å². The number of benzene rings is 1. The lowest BCUT2D eigenvalue weighted by Gasteiger charge is -2.15. The lowest BCUT2D eigenvalue weighted by atomic mass is 10.1. The monoisotopic (exact) mass is 369 g/mol. The number of hydrogen-bond acceptors (Lipinski definition) is 4. The third kappa shape index (κ3) is 3.29. The van der Waals surface area contributed by atoms with Gasteiger partial charge in [-0.25, -0.2) is 9.07 Å². The maximum atomic E-state index is 13.9. The highest BCUT2D eigenvalue weighted by Crippen LogP contribution is 2.24. The Morgan fingerprint density at radius 2 is 1.77 bits per heavy atom. The molecule has 2 N–H and O–H groups in total. The first kappa shape index (κ1) is 18.0. The summed E-state index contributed by atoms with van der Waals surface area (Å²) in [5.41, 5.74) is 9.07. The average molecular weight is 370 g/mol. The molecule has 0 bridgehead atoms. The molecule has 5 nitrogen and oxygen atoms in total. The van der Waals surface area contributed by atoms with Crippen molar-refractivity contribution in [2.45, 2.75) is 12.5 Å². The highest BCUT2D eigenvalue weighted by atomic mass is 35.5. The molecule has 0 fully saturated rings. The first-order chi connectivity index (χ1) is 12.2. The summed E-state index contributed by atoms with van der Waals surface area (Å²) < 4.78 is 15.7. The van der Waals surface area contributed by atoms with E-state index in [1.807, 2.05) is 41.1 Å². The quantitative estimate of drug-likeness (QED) is 0.596. The van der Waals surface area contributed by atoms with Gasteiger partial charge in [0.25, 0.3) is 0 Å². The van der Waals surface area contributed by atoms with E-state index in [4.69, 9.17) is 5.73 Å². The standard InChI is InChI=1S/C19H16FN5.ClH/c20-14-6-3-9-22-16(14)11-15(21)19-18(8-4-10-23-19)25-17-7-2-1-5-13(17)12-24-25;/h1-10,12,15H,11,21H2;1H/t15-;/m0./s1. The fourth-order valence-corrected chi connectivity index (χ4v) is 2.91. The molecule has 4 rings (SSSR count). The fourth-order valence-electron chi connectivity index (χ4n) is 2.91. The fraction of sp³-hybridized carbons (Fsp3) is 0.105. The first-order valence-electron chi connectivity index (χ1n) is 7.97. The minimum atomic E-state index is -0.497. The highest BCUT2D eigenvalue weighted by molar-refractivity contribution is 5.85. The van der Waals surface area contributed by atoms with Crippen LogP contribution in [0.2, 0.25) is 0 Å². The molecule has 132 valence electrons. The van der Waals surface area contributed by atoms with E-state index in [0.717, 1.165) is 16.6 Å². The Morgan fingerprint density at radius 1 is 1.00 bits per heavy atom. The van der Waals surface area contributed by atoms with Gasteiger partial charge in [-0.3, -0.25) is 9.97 Å². The Kier molecular flexibility index (Phi) is 5.25. The van der Waals surface area contributed by atoms with Gasteiger partial charge in [-0.15, -0.1) is 12.4 Å². The number of nitrogens with two attached hydrogens (primary N) is 1. The van der Waals surface area contributed by atoms with Crippen molar-refractivity contribution in [3.05, 3.63) is 84.3 Å². The Labute approximate surface area is 156 Å². The van der Waals surface area contributed by atoms with E-state index in [-0.39, 0.29) is 24.6 Å². The maximum absolute atomic E-state index is 13.9. The molecule has 0 aliphatic carbocycles. The third-order valence-electron chi connectivity index (χ3n) is 4.12. The van der Waals surface area contributed by atoms with Crippen molar-refractivity contribution in [3.63, 3.8) is 0 Å². The minimum Gasteiger partial charge on any atom is -0.322 e. The molecule has 0 radical (unpaired) electrons. The number of pyridine rings is 2. The van der Waals surface area contributed by atoms with Gasteiger partial charge < -0.3 is 5.73 Å². The number of nitrogens with zero attached hydrogens (tertiary/aromatic N) is 4. The highest BCUT2D eigenvalue weighted by Gasteiger charge is 2.18. The molecule has 7 heteroatoms. The molecule has 1 aromatic carbocycles. The Balaban J connectivity index is 0.00000196. The van der Waals surface area contributed by atoms with Crippen LogP contribution < -0.4 is 5.73 Å². The number of fused-ring (bicyclic) bond motifs is 1. The summed E-state index contributed by atoms with van der Waals surface area (Å²) in [4.78, 5) is 8.51. The van der Waals surface area contributed by atoms with Gasteiger partial charge in [0.1, 0.15) is 5.82 Å². The topological polar surface area (TPSA) is 69.6 Å². The number of aromatic nitrogens is 4. The van der Waals surface area contributed by atoms with Gasteiger partial charge in [0.05, 0.1) is 34.8 Å². The van der Waals surface area contributed by atoms with Crippen LogP contribution in [0.4, 0.5) is 4.39 Å². The summed E-state index contributed by atoms with van der Waals surface area (Å²) >= 11 is 0. The van der Waals surface area contributed by atoms with E-state index in [1.165, 1.54) is 6.07 Å². The SMILES string of the molecule is Cl.N[C@@H](Cc1ncccc1F)c1ncccc1-n1ncc2ccccc21. The van der Waals surface area contributed by atoms with Crippen LogP contribution in [-0.2, 0) is 6.42 Å². The summed E-state index contributed by atoms with van der Waals surface area (Å²) in [5, 5.41) is 5.49. The molecular formula is C19H17ClFN5. The second kappa shape index (κ2) is 7.59. The summed E-state index contributed by atoms with van der Waals surface area (Å²) in [6.45, 7) is 0. The van der Waals surface area contributed by atoms with Crippen LogP contribution in [-0.4, -0.2) is 19.7 Å². The van der Waals surface area contributed by atoms with Gasteiger partial charge in [0, 0.05) is 24.2 Å². The molecule has 0 unspecified atom stereocenters. The zero-order valence-corrected chi connectivity index (χ0v) is 14.6. The van der Waals surface area contributed by atoms with Gasteiger partial charge in [0.2, 0.25) is 0 Å². The van der Waals surface area contributed by atoms with E-state index in [9.17, 15) is 4.39 Å². The van der Waals surface area contributed by atoms with Crippen molar-refractivity contribution in [1.82, 2.24) is 19.7 Å². The number of rotatable bonds is 4. The van der Waals surface area contributed by atoms with Crippen molar-refractivity contribution in [1.29, 1.82) is 0 Å². The number of hydrogen-bond donors (Lipinski definition) is 1. The van der Waals surface area contributed by atoms with E-state index >= 15 is 0 Å². The largest absolute Gasteiger partial charge is 0.322 e. The van der Waals surface area contributed by atoms with Crippen molar-refractivity contribution < 1.29 is 4.39 Å². The number of halogens is 2. The molecule has 3 aromatic heterocycles. The predicted molar refractivity (Wildman–Crippen MR) is 101 cm³/mol. The molecule has 4 aromatic rings. The zero-order chi connectivity index (χ0) is 17.2. The van der Waals surface area contributed by atoms with E-state index in [0.29, 0.717) is 11.4 Å². The molecule has 0 saturated carbocycles. The average Bonchev–Trinajstić information content (AvgIpc) is 3.07. The normalized spacial score (nSPS) is 11.9. The van der Waals surface area contributed by atoms with Crippen LogP contribution in [0, 0.1) is 5.82 Å². The number of para-hydroxylation sites is 1. The van der Waals surface area contributed by atoms with Crippen LogP contribution in [0.5, 0.6) is 0 Å².